The molecule has 4 heteroatoms. The summed E-state index contributed by atoms with van der Waals surface area (Å²) in [6.07, 6.45) is 5.69. The maximum absolute atomic E-state index is 12.2. The monoisotopic (exact) mass is 250 g/mol. The van der Waals surface area contributed by atoms with Gasteiger partial charge in [-0.1, -0.05) is 6.92 Å². The number of amides is 1. The van der Waals surface area contributed by atoms with Crippen molar-refractivity contribution in [2.75, 3.05) is 6.54 Å². The van der Waals surface area contributed by atoms with Crippen LogP contribution >= 0.6 is 0 Å². The third-order valence-corrected chi connectivity index (χ3v) is 4.07. The molecular formula is C14H22N2O2. The van der Waals surface area contributed by atoms with Crippen LogP contribution in [0.4, 0.5) is 0 Å². The normalized spacial score (nSPS) is 28.1. The Hall–Kier alpha value is -1.29. The number of rotatable bonds is 3. The van der Waals surface area contributed by atoms with Gasteiger partial charge in [0.25, 0.3) is 5.91 Å². The predicted molar refractivity (Wildman–Crippen MR) is 70.3 cm³/mol. The summed E-state index contributed by atoms with van der Waals surface area (Å²) in [5.41, 5.74) is 6.50. The molecule has 18 heavy (non-hydrogen) atoms. The summed E-state index contributed by atoms with van der Waals surface area (Å²) >= 11 is 0. The number of hydrogen-bond donors (Lipinski definition) is 2. The van der Waals surface area contributed by atoms with Crippen molar-refractivity contribution in [3.63, 3.8) is 0 Å². The lowest BCUT2D eigenvalue weighted by atomic mass is 9.77. The molecule has 0 bridgehead atoms. The molecule has 100 valence electrons. The summed E-state index contributed by atoms with van der Waals surface area (Å²) in [4.78, 5) is 12.2. The fourth-order valence-electron chi connectivity index (χ4n) is 2.60. The van der Waals surface area contributed by atoms with E-state index in [1.54, 1.807) is 12.3 Å². The van der Waals surface area contributed by atoms with E-state index in [-0.39, 0.29) is 11.4 Å². The van der Waals surface area contributed by atoms with Gasteiger partial charge in [0.15, 0.2) is 5.76 Å². The van der Waals surface area contributed by atoms with Gasteiger partial charge in [-0.2, -0.15) is 0 Å². The van der Waals surface area contributed by atoms with E-state index in [9.17, 15) is 4.79 Å². The lowest BCUT2D eigenvalue weighted by Gasteiger charge is -2.39. The third kappa shape index (κ3) is 2.58. The van der Waals surface area contributed by atoms with Crippen LogP contribution in [0, 0.1) is 12.8 Å². The molecule has 1 amide bonds. The standard InChI is InChI=1S/C14H22N2O2/c1-10-3-6-14(9-15,7-4-10)16-13(17)12-11(2)5-8-18-12/h5,8,10H,3-4,6-7,9,15H2,1-2H3,(H,16,17). The Morgan fingerprint density at radius 3 is 2.72 bits per heavy atom. The van der Waals surface area contributed by atoms with Gasteiger partial charge >= 0.3 is 0 Å². The van der Waals surface area contributed by atoms with Gasteiger partial charge in [-0.15, -0.1) is 0 Å². The van der Waals surface area contributed by atoms with Crippen LogP contribution in [0.5, 0.6) is 0 Å². The first kappa shape index (κ1) is 13.1. The first-order chi connectivity index (χ1) is 8.56. The van der Waals surface area contributed by atoms with Crippen LogP contribution in [0.3, 0.4) is 0 Å². The molecule has 0 aromatic carbocycles. The van der Waals surface area contributed by atoms with Crippen LogP contribution in [-0.2, 0) is 0 Å². The molecule has 0 radical (unpaired) electrons. The van der Waals surface area contributed by atoms with Gasteiger partial charge < -0.3 is 15.5 Å². The van der Waals surface area contributed by atoms with Gasteiger partial charge in [0.1, 0.15) is 0 Å². The summed E-state index contributed by atoms with van der Waals surface area (Å²) in [5.74, 6) is 0.992. The van der Waals surface area contributed by atoms with E-state index in [0.717, 1.165) is 37.2 Å². The first-order valence-electron chi connectivity index (χ1n) is 6.63. The Kier molecular flexibility index (Phi) is 3.76. The maximum Gasteiger partial charge on any atom is 0.287 e. The molecule has 0 saturated heterocycles. The number of aryl methyl sites for hydroxylation is 1. The van der Waals surface area contributed by atoms with Crippen LogP contribution in [0.2, 0.25) is 0 Å². The highest BCUT2D eigenvalue weighted by atomic mass is 16.3. The minimum absolute atomic E-state index is 0.141. The van der Waals surface area contributed by atoms with Crippen LogP contribution < -0.4 is 11.1 Å². The van der Waals surface area contributed by atoms with Crippen molar-refractivity contribution in [3.8, 4) is 0 Å². The van der Waals surface area contributed by atoms with Gasteiger partial charge in [0.05, 0.1) is 11.8 Å². The molecule has 1 aliphatic carbocycles. The summed E-state index contributed by atoms with van der Waals surface area (Å²) in [6.45, 7) is 4.61. The van der Waals surface area contributed by atoms with Crippen molar-refractivity contribution >= 4 is 5.91 Å². The number of furan rings is 1. The molecule has 1 aromatic rings. The molecule has 1 aliphatic rings. The lowest BCUT2D eigenvalue weighted by Crippen LogP contribution is -2.55. The molecule has 1 saturated carbocycles. The van der Waals surface area contributed by atoms with Crippen LogP contribution in [0.1, 0.15) is 48.7 Å². The average molecular weight is 250 g/mol. The van der Waals surface area contributed by atoms with E-state index < -0.39 is 0 Å². The number of hydrogen-bond acceptors (Lipinski definition) is 3. The Labute approximate surface area is 108 Å². The molecule has 0 unspecified atom stereocenters. The molecule has 2 rings (SSSR count). The molecule has 0 atom stereocenters. The first-order valence-corrected chi connectivity index (χ1v) is 6.63. The molecule has 0 aliphatic heterocycles. The Morgan fingerprint density at radius 1 is 1.56 bits per heavy atom. The SMILES string of the molecule is Cc1ccoc1C(=O)NC1(CN)CCC(C)CC1. The topological polar surface area (TPSA) is 68.3 Å². The number of nitrogens with one attached hydrogen (secondary N) is 1. The van der Waals surface area contributed by atoms with E-state index in [1.807, 2.05) is 6.92 Å². The largest absolute Gasteiger partial charge is 0.459 e. The lowest BCUT2D eigenvalue weighted by molar-refractivity contribution is 0.0830. The summed E-state index contributed by atoms with van der Waals surface area (Å²) in [7, 11) is 0. The summed E-state index contributed by atoms with van der Waals surface area (Å²) in [6, 6.07) is 1.80. The van der Waals surface area contributed by atoms with Gasteiger partial charge in [0, 0.05) is 12.1 Å². The van der Waals surface area contributed by atoms with E-state index in [4.69, 9.17) is 10.2 Å². The second kappa shape index (κ2) is 5.14. The van der Waals surface area contributed by atoms with Crippen molar-refractivity contribution in [1.82, 2.24) is 5.32 Å². The van der Waals surface area contributed by atoms with Crippen LogP contribution in [0.15, 0.2) is 16.7 Å². The quantitative estimate of drug-likeness (QED) is 0.864. The molecule has 3 N–H and O–H groups in total. The molecule has 4 nitrogen and oxygen atoms in total. The van der Waals surface area contributed by atoms with E-state index in [2.05, 4.69) is 12.2 Å². The highest BCUT2D eigenvalue weighted by Gasteiger charge is 2.35. The van der Waals surface area contributed by atoms with E-state index >= 15 is 0 Å². The molecular weight excluding hydrogens is 228 g/mol. The smallest absolute Gasteiger partial charge is 0.287 e. The molecule has 1 fully saturated rings. The predicted octanol–water partition coefficient (Wildman–Crippen LogP) is 2.23. The maximum atomic E-state index is 12.2. The number of carbonyl (C=O) groups is 1. The van der Waals surface area contributed by atoms with Gasteiger partial charge in [-0.3, -0.25) is 4.79 Å². The summed E-state index contributed by atoms with van der Waals surface area (Å²) in [5, 5.41) is 3.09. The molecule has 1 heterocycles. The Morgan fingerprint density at radius 2 is 2.22 bits per heavy atom. The molecule has 0 spiro atoms. The minimum atomic E-state index is -0.247. The fraction of sp³-hybridized carbons (Fsp3) is 0.643. The zero-order valence-corrected chi connectivity index (χ0v) is 11.2. The third-order valence-electron chi connectivity index (χ3n) is 4.07. The summed E-state index contributed by atoms with van der Waals surface area (Å²) < 4.78 is 5.23. The van der Waals surface area contributed by atoms with Crippen molar-refractivity contribution in [3.05, 3.63) is 23.7 Å². The second-order valence-corrected chi connectivity index (χ2v) is 5.55. The second-order valence-electron chi connectivity index (χ2n) is 5.55. The number of nitrogens with two attached hydrogens (primary N) is 1. The van der Waals surface area contributed by atoms with Gasteiger partial charge in [-0.05, 0) is 44.6 Å². The fourth-order valence-corrected chi connectivity index (χ4v) is 2.60. The van der Waals surface area contributed by atoms with Crippen molar-refractivity contribution < 1.29 is 9.21 Å². The zero-order valence-electron chi connectivity index (χ0n) is 11.2. The van der Waals surface area contributed by atoms with Gasteiger partial charge in [0.2, 0.25) is 0 Å². The van der Waals surface area contributed by atoms with Crippen LogP contribution in [0.25, 0.3) is 0 Å². The van der Waals surface area contributed by atoms with Gasteiger partial charge in [-0.25, -0.2) is 0 Å². The van der Waals surface area contributed by atoms with Crippen LogP contribution in [-0.4, -0.2) is 18.0 Å². The van der Waals surface area contributed by atoms with E-state index in [1.165, 1.54) is 0 Å². The zero-order chi connectivity index (χ0) is 13.2. The van der Waals surface area contributed by atoms with Crippen molar-refractivity contribution in [2.45, 2.75) is 45.1 Å². The Balaban J connectivity index is 2.07. The highest BCUT2D eigenvalue weighted by molar-refractivity contribution is 5.93. The number of carbonyl (C=O) groups excluding carboxylic acids is 1. The van der Waals surface area contributed by atoms with E-state index in [0.29, 0.717) is 12.3 Å². The minimum Gasteiger partial charge on any atom is -0.459 e. The van der Waals surface area contributed by atoms with Crippen molar-refractivity contribution in [2.24, 2.45) is 11.7 Å². The molecule has 1 aromatic heterocycles. The van der Waals surface area contributed by atoms with Crippen molar-refractivity contribution in [1.29, 1.82) is 0 Å². The Bertz CT molecular complexity index is 417. The average Bonchev–Trinajstić information content (AvgIpc) is 2.79. The highest BCUT2D eigenvalue weighted by Crippen LogP contribution is 2.31.